The quantitative estimate of drug-likeness (QED) is 0.520. The molecule has 0 spiro atoms. The zero-order valence-corrected chi connectivity index (χ0v) is 13.6. The standard InChI is InChI=1S/C15H23ClN4O/c1-3-4-5-6-7-8-9-20-12(10-16)19-13-14(20)17-11-18-15(13)21-2/h11H,3-10H2,1-2H3. The highest BCUT2D eigenvalue weighted by Crippen LogP contribution is 2.23. The van der Waals surface area contributed by atoms with Gasteiger partial charge < -0.3 is 9.30 Å². The van der Waals surface area contributed by atoms with Crippen LogP contribution in [0.4, 0.5) is 0 Å². The van der Waals surface area contributed by atoms with Gasteiger partial charge in [0.1, 0.15) is 12.2 Å². The number of ether oxygens (including phenoxy) is 1. The van der Waals surface area contributed by atoms with Gasteiger partial charge in [-0.25, -0.2) is 9.97 Å². The normalized spacial score (nSPS) is 11.2. The summed E-state index contributed by atoms with van der Waals surface area (Å²) < 4.78 is 7.33. The SMILES string of the molecule is CCCCCCCCn1c(CCl)nc2c(OC)ncnc21. The van der Waals surface area contributed by atoms with E-state index in [9.17, 15) is 0 Å². The Morgan fingerprint density at radius 2 is 1.90 bits per heavy atom. The molecule has 6 heteroatoms. The summed E-state index contributed by atoms with van der Waals surface area (Å²) in [6.07, 6.45) is 9.06. The average molecular weight is 311 g/mol. The Balaban J connectivity index is 2.07. The van der Waals surface area contributed by atoms with E-state index in [4.69, 9.17) is 16.3 Å². The highest BCUT2D eigenvalue weighted by atomic mass is 35.5. The Labute approximate surface area is 130 Å². The third kappa shape index (κ3) is 3.84. The summed E-state index contributed by atoms with van der Waals surface area (Å²) >= 11 is 6.01. The molecule has 0 aromatic carbocycles. The molecule has 0 fully saturated rings. The number of methoxy groups -OCH3 is 1. The average Bonchev–Trinajstić information content (AvgIpc) is 2.88. The van der Waals surface area contributed by atoms with E-state index in [1.165, 1.54) is 38.4 Å². The van der Waals surface area contributed by atoms with Crippen LogP contribution in [0.15, 0.2) is 6.33 Å². The first-order valence-electron chi connectivity index (χ1n) is 7.61. The third-order valence-corrected chi connectivity index (χ3v) is 3.86. The van der Waals surface area contributed by atoms with Gasteiger partial charge in [-0.15, -0.1) is 11.6 Å². The molecular weight excluding hydrogens is 288 g/mol. The number of hydrogen-bond acceptors (Lipinski definition) is 4. The van der Waals surface area contributed by atoms with Crippen molar-refractivity contribution in [3.8, 4) is 5.88 Å². The van der Waals surface area contributed by atoms with Gasteiger partial charge in [-0.2, -0.15) is 4.98 Å². The van der Waals surface area contributed by atoms with Gasteiger partial charge in [-0.05, 0) is 6.42 Å². The van der Waals surface area contributed by atoms with Gasteiger partial charge in [0, 0.05) is 6.54 Å². The van der Waals surface area contributed by atoms with Crippen molar-refractivity contribution in [1.82, 2.24) is 19.5 Å². The summed E-state index contributed by atoms with van der Waals surface area (Å²) in [5.41, 5.74) is 1.51. The molecule has 0 aliphatic rings. The van der Waals surface area contributed by atoms with Crippen molar-refractivity contribution in [2.75, 3.05) is 7.11 Å². The molecule has 0 N–H and O–H groups in total. The van der Waals surface area contributed by atoms with Gasteiger partial charge in [0.15, 0.2) is 11.2 Å². The number of nitrogens with zero attached hydrogens (tertiary/aromatic N) is 4. The molecule has 2 heterocycles. The lowest BCUT2D eigenvalue weighted by Crippen LogP contribution is -2.03. The van der Waals surface area contributed by atoms with E-state index in [1.54, 1.807) is 7.11 Å². The van der Waals surface area contributed by atoms with Gasteiger partial charge in [0.25, 0.3) is 0 Å². The number of unbranched alkanes of at least 4 members (excludes halogenated alkanes) is 5. The van der Waals surface area contributed by atoms with E-state index >= 15 is 0 Å². The second-order valence-corrected chi connectivity index (χ2v) is 5.40. The zero-order valence-electron chi connectivity index (χ0n) is 12.8. The van der Waals surface area contributed by atoms with Crippen molar-refractivity contribution in [3.05, 3.63) is 12.2 Å². The van der Waals surface area contributed by atoms with Crippen molar-refractivity contribution in [2.45, 2.75) is 57.9 Å². The number of rotatable bonds is 9. The van der Waals surface area contributed by atoms with Crippen LogP contribution in [0.3, 0.4) is 0 Å². The third-order valence-electron chi connectivity index (χ3n) is 3.63. The molecule has 2 aromatic heterocycles. The monoisotopic (exact) mass is 310 g/mol. The Morgan fingerprint density at radius 3 is 2.62 bits per heavy atom. The molecule has 0 aliphatic carbocycles. The molecule has 116 valence electrons. The first-order valence-corrected chi connectivity index (χ1v) is 8.15. The Hall–Kier alpha value is -1.36. The van der Waals surface area contributed by atoms with Gasteiger partial charge in [-0.1, -0.05) is 39.0 Å². The molecule has 5 nitrogen and oxygen atoms in total. The summed E-state index contributed by atoms with van der Waals surface area (Å²) in [7, 11) is 1.59. The highest BCUT2D eigenvalue weighted by molar-refractivity contribution is 6.16. The first-order chi connectivity index (χ1) is 10.3. The summed E-state index contributed by atoms with van der Waals surface area (Å²) in [6.45, 7) is 3.13. The summed E-state index contributed by atoms with van der Waals surface area (Å²) in [5, 5.41) is 0. The Bertz CT molecular complexity index is 570. The van der Waals surface area contributed by atoms with Gasteiger partial charge in [-0.3, -0.25) is 0 Å². The van der Waals surface area contributed by atoms with Crippen LogP contribution >= 0.6 is 11.6 Å². The second-order valence-electron chi connectivity index (χ2n) is 5.14. The molecule has 0 saturated carbocycles. The van der Waals surface area contributed by atoms with Crippen LogP contribution in [0.25, 0.3) is 11.2 Å². The van der Waals surface area contributed by atoms with Gasteiger partial charge in [0.2, 0.25) is 5.88 Å². The number of hydrogen-bond donors (Lipinski definition) is 0. The minimum absolute atomic E-state index is 0.370. The molecule has 2 aromatic rings. The molecule has 21 heavy (non-hydrogen) atoms. The maximum absolute atomic E-state index is 6.01. The Kier molecular flexibility index (Phi) is 6.23. The number of halogens is 1. The topological polar surface area (TPSA) is 52.8 Å². The second kappa shape index (κ2) is 8.17. The van der Waals surface area contributed by atoms with E-state index in [0.717, 1.165) is 24.4 Å². The van der Waals surface area contributed by atoms with Crippen molar-refractivity contribution in [1.29, 1.82) is 0 Å². The van der Waals surface area contributed by atoms with Crippen molar-refractivity contribution in [2.24, 2.45) is 0 Å². The fraction of sp³-hybridized carbons (Fsp3) is 0.667. The first kappa shape index (κ1) is 16.0. The minimum atomic E-state index is 0.370. The Morgan fingerprint density at radius 1 is 1.14 bits per heavy atom. The van der Waals surface area contributed by atoms with Crippen molar-refractivity contribution < 1.29 is 4.74 Å². The molecule has 0 aliphatic heterocycles. The van der Waals surface area contributed by atoms with Crippen LogP contribution in [0, 0.1) is 0 Å². The molecule has 0 atom stereocenters. The predicted octanol–water partition coefficient (Wildman–Crippen LogP) is 3.93. The van der Waals surface area contributed by atoms with Gasteiger partial charge in [0.05, 0.1) is 13.0 Å². The molecule has 0 amide bonds. The molecule has 0 saturated heterocycles. The molecule has 2 rings (SSSR count). The summed E-state index contributed by atoms with van der Waals surface area (Å²) in [4.78, 5) is 12.9. The van der Waals surface area contributed by atoms with E-state index in [2.05, 4.69) is 26.4 Å². The van der Waals surface area contributed by atoms with E-state index < -0.39 is 0 Å². The minimum Gasteiger partial charge on any atom is -0.479 e. The van der Waals surface area contributed by atoms with Crippen LogP contribution in [-0.4, -0.2) is 26.6 Å². The smallest absolute Gasteiger partial charge is 0.245 e. The fourth-order valence-corrected chi connectivity index (χ4v) is 2.70. The zero-order chi connectivity index (χ0) is 15.1. The number of aromatic nitrogens is 4. The van der Waals surface area contributed by atoms with Crippen molar-refractivity contribution >= 4 is 22.8 Å². The van der Waals surface area contributed by atoms with E-state index in [0.29, 0.717) is 17.3 Å². The number of alkyl halides is 1. The molecular formula is C15H23ClN4O. The van der Waals surface area contributed by atoms with Gasteiger partial charge >= 0.3 is 0 Å². The van der Waals surface area contributed by atoms with Crippen LogP contribution in [-0.2, 0) is 12.4 Å². The lowest BCUT2D eigenvalue weighted by molar-refractivity contribution is 0.401. The fourth-order valence-electron chi connectivity index (χ4n) is 2.50. The number of aryl methyl sites for hydroxylation is 1. The molecule has 0 bridgehead atoms. The lowest BCUT2D eigenvalue weighted by atomic mass is 10.1. The van der Waals surface area contributed by atoms with Crippen LogP contribution in [0.2, 0.25) is 0 Å². The maximum Gasteiger partial charge on any atom is 0.245 e. The number of fused-ring (bicyclic) bond motifs is 1. The van der Waals surface area contributed by atoms with Crippen LogP contribution < -0.4 is 4.74 Å². The maximum atomic E-state index is 6.01. The van der Waals surface area contributed by atoms with Crippen LogP contribution in [0.5, 0.6) is 5.88 Å². The molecule has 0 unspecified atom stereocenters. The summed E-state index contributed by atoms with van der Waals surface area (Å²) in [5.74, 6) is 1.71. The summed E-state index contributed by atoms with van der Waals surface area (Å²) in [6, 6.07) is 0. The molecule has 0 radical (unpaired) electrons. The van der Waals surface area contributed by atoms with E-state index in [1.807, 2.05) is 0 Å². The van der Waals surface area contributed by atoms with E-state index in [-0.39, 0.29) is 0 Å². The van der Waals surface area contributed by atoms with Crippen LogP contribution in [0.1, 0.15) is 51.3 Å². The highest BCUT2D eigenvalue weighted by Gasteiger charge is 2.15. The number of imidazole rings is 1. The lowest BCUT2D eigenvalue weighted by Gasteiger charge is -2.07. The largest absolute Gasteiger partial charge is 0.479 e. The van der Waals surface area contributed by atoms with Crippen molar-refractivity contribution in [3.63, 3.8) is 0 Å². The predicted molar refractivity (Wildman–Crippen MR) is 84.8 cm³/mol.